The minimum Gasteiger partial charge on any atom is -0.481 e. The molecule has 0 radical (unpaired) electrons. The summed E-state index contributed by atoms with van der Waals surface area (Å²) in [7, 11) is 0. The van der Waals surface area contributed by atoms with Gasteiger partial charge in [-0.3, -0.25) is 9.59 Å². The minimum atomic E-state index is -1.00. The van der Waals surface area contributed by atoms with Crippen LogP contribution in [0.25, 0.3) is 11.1 Å². The van der Waals surface area contributed by atoms with Gasteiger partial charge in [-0.1, -0.05) is 68.3 Å². The number of benzene rings is 2. The van der Waals surface area contributed by atoms with E-state index in [2.05, 4.69) is 34.6 Å². The molecule has 0 unspecified atom stereocenters. The van der Waals surface area contributed by atoms with Gasteiger partial charge in [-0.2, -0.15) is 0 Å². The first-order valence-electron chi connectivity index (χ1n) is 11.0. The van der Waals surface area contributed by atoms with E-state index in [-0.39, 0.29) is 25.6 Å². The fourth-order valence-corrected chi connectivity index (χ4v) is 4.06. The Morgan fingerprint density at radius 2 is 1.55 bits per heavy atom. The molecule has 2 aromatic rings. The van der Waals surface area contributed by atoms with Crippen LogP contribution in [0.5, 0.6) is 0 Å². The number of carboxylic acid groups (broad SMARTS) is 1. The summed E-state index contributed by atoms with van der Waals surface area (Å²) in [5.74, 6) is 3.34. The van der Waals surface area contributed by atoms with Crippen molar-refractivity contribution < 1.29 is 24.2 Å². The molecule has 1 aliphatic rings. The molecule has 172 valence electrons. The summed E-state index contributed by atoms with van der Waals surface area (Å²) in [5, 5.41) is 14.5. The summed E-state index contributed by atoms with van der Waals surface area (Å²) >= 11 is 0. The lowest BCUT2D eigenvalue weighted by atomic mass is 9.82. The Bertz CT molecular complexity index is 1050. The van der Waals surface area contributed by atoms with Crippen LogP contribution in [0.2, 0.25) is 0 Å². The summed E-state index contributed by atoms with van der Waals surface area (Å²) in [6.45, 7) is 3.68. The Morgan fingerprint density at radius 1 is 0.970 bits per heavy atom. The molecular formula is C26H28N2O5. The van der Waals surface area contributed by atoms with Gasteiger partial charge in [0.15, 0.2) is 0 Å². The molecular weight excluding hydrogens is 420 g/mol. The minimum absolute atomic E-state index is 0.00263. The van der Waals surface area contributed by atoms with Gasteiger partial charge in [-0.25, -0.2) is 4.79 Å². The third-order valence-electron chi connectivity index (χ3n) is 6.26. The average molecular weight is 449 g/mol. The highest BCUT2D eigenvalue weighted by Gasteiger charge is 2.35. The molecule has 0 fully saturated rings. The molecule has 0 saturated carbocycles. The molecule has 3 rings (SSSR count). The highest BCUT2D eigenvalue weighted by Crippen LogP contribution is 2.44. The molecule has 0 heterocycles. The zero-order valence-electron chi connectivity index (χ0n) is 18.8. The van der Waals surface area contributed by atoms with Crippen molar-refractivity contribution in [2.24, 2.45) is 5.41 Å². The van der Waals surface area contributed by atoms with E-state index >= 15 is 0 Å². The van der Waals surface area contributed by atoms with Crippen LogP contribution in [0.1, 0.15) is 43.7 Å². The summed E-state index contributed by atoms with van der Waals surface area (Å²) in [6, 6.07) is 16.1. The number of carbonyl (C=O) groups excluding carboxylic acids is 2. The van der Waals surface area contributed by atoms with Crippen molar-refractivity contribution in [2.75, 3.05) is 19.7 Å². The number of rotatable bonds is 8. The number of carbonyl (C=O) groups is 3. The SMILES string of the molecule is CCC(CC)(CNC(=O)C#CCNC(=O)OCC1c2ccccc2-c2ccccc21)C(=O)O. The summed E-state index contributed by atoms with van der Waals surface area (Å²) in [5.41, 5.74) is 3.55. The molecule has 0 atom stereocenters. The van der Waals surface area contributed by atoms with Gasteiger partial charge in [-0.05, 0) is 41.0 Å². The number of alkyl carbamates (subject to hydrolysis) is 1. The van der Waals surface area contributed by atoms with Gasteiger partial charge in [-0.15, -0.1) is 0 Å². The summed E-state index contributed by atoms with van der Waals surface area (Å²) in [6.07, 6.45) is 0.180. The van der Waals surface area contributed by atoms with E-state index in [9.17, 15) is 19.5 Å². The lowest BCUT2D eigenvalue weighted by Gasteiger charge is -2.26. The van der Waals surface area contributed by atoms with Gasteiger partial charge < -0.3 is 20.5 Å². The maximum Gasteiger partial charge on any atom is 0.407 e. The molecule has 2 aromatic carbocycles. The van der Waals surface area contributed by atoms with Crippen LogP contribution in [0, 0.1) is 17.3 Å². The van der Waals surface area contributed by atoms with Gasteiger partial charge in [0.25, 0.3) is 5.91 Å². The van der Waals surface area contributed by atoms with Crippen LogP contribution < -0.4 is 10.6 Å². The van der Waals surface area contributed by atoms with Gasteiger partial charge in [0.2, 0.25) is 0 Å². The first-order valence-corrected chi connectivity index (χ1v) is 11.0. The van der Waals surface area contributed by atoms with E-state index in [4.69, 9.17) is 4.74 Å². The Morgan fingerprint density at radius 3 is 2.09 bits per heavy atom. The van der Waals surface area contributed by atoms with Crippen LogP contribution in [-0.2, 0) is 14.3 Å². The molecule has 3 N–H and O–H groups in total. The number of fused-ring (bicyclic) bond motifs is 3. The number of ether oxygens (including phenoxy) is 1. The Labute approximate surface area is 193 Å². The lowest BCUT2D eigenvalue weighted by molar-refractivity contribution is -0.149. The third kappa shape index (κ3) is 5.35. The molecule has 0 aromatic heterocycles. The van der Waals surface area contributed by atoms with Crippen molar-refractivity contribution >= 4 is 18.0 Å². The van der Waals surface area contributed by atoms with E-state index in [1.165, 1.54) is 0 Å². The standard InChI is InChI=1S/C26H28N2O5/c1-3-26(4-2,24(30)31)17-28-23(29)14-9-15-27-25(32)33-16-22-20-12-7-5-10-18(20)19-11-6-8-13-21(19)22/h5-8,10-13,22H,3-4,15-17H2,1-2H3,(H,27,32)(H,28,29)(H,30,31). The second kappa shape index (κ2) is 10.7. The number of nitrogens with one attached hydrogen (secondary N) is 2. The molecule has 33 heavy (non-hydrogen) atoms. The highest BCUT2D eigenvalue weighted by atomic mass is 16.5. The molecule has 0 aliphatic heterocycles. The summed E-state index contributed by atoms with van der Waals surface area (Å²) < 4.78 is 5.41. The molecule has 7 nitrogen and oxygen atoms in total. The second-order valence-corrected chi connectivity index (χ2v) is 7.96. The third-order valence-corrected chi connectivity index (χ3v) is 6.26. The number of hydrogen-bond acceptors (Lipinski definition) is 4. The van der Waals surface area contributed by atoms with Crippen molar-refractivity contribution in [2.45, 2.75) is 32.6 Å². The fourth-order valence-electron chi connectivity index (χ4n) is 4.06. The van der Waals surface area contributed by atoms with E-state index in [0.29, 0.717) is 12.8 Å². The van der Waals surface area contributed by atoms with Crippen LogP contribution in [0.15, 0.2) is 48.5 Å². The van der Waals surface area contributed by atoms with Crippen molar-refractivity contribution in [1.29, 1.82) is 0 Å². The highest BCUT2D eigenvalue weighted by molar-refractivity contribution is 5.94. The lowest BCUT2D eigenvalue weighted by Crippen LogP contribution is -2.42. The van der Waals surface area contributed by atoms with E-state index in [1.54, 1.807) is 13.8 Å². The van der Waals surface area contributed by atoms with Gasteiger partial charge in [0.05, 0.1) is 12.0 Å². The predicted octanol–water partition coefficient (Wildman–Crippen LogP) is 3.54. The summed E-state index contributed by atoms with van der Waals surface area (Å²) in [4.78, 5) is 35.5. The quantitative estimate of drug-likeness (QED) is 0.536. The Hall–Kier alpha value is -3.79. The van der Waals surface area contributed by atoms with Crippen molar-refractivity contribution in [1.82, 2.24) is 10.6 Å². The first kappa shape index (κ1) is 23.9. The monoisotopic (exact) mass is 448 g/mol. The zero-order chi connectivity index (χ0) is 23.8. The van der Waals surface area contributed by atoms with Crippen molar-refractivity contribution in [3.8, 4) is 23.0 Å². The topological polar surface area (TPSA) is 105 Å². The predicted molar refractivity (Wildman–Crippen MR) is 125 cm³/mol. The van der Waals surface area contributed by atoms with Crippen molar-refractivity contribution in [3.63, 3.8) is 0 Å². The molecule has 0 saturated heterocycles. The molecule has 0 spiro atoms. The van der Waals surface area contributed by atoms with Crippen LogP contribution in [0.4, 0.5) is 4.79 Å². The normalized spacial score (nSPS) is 12.1. The number of carboxylic acids is 1. The molecule has 0 bridgehead atoms. The molecule has 7 heteroatoms. The van der Waals surface area contributed by atoms with Gasteiger partial charge in [0, 0.05) is 12.5 Å². The number of hydrogen-bond donors (Lipinski definition) is 3. The van der Waals surface area contributed by atoms with Crippen LogP contribution >= 0.6 is 0 Å². The maximum atomic E-state index is 12.1. The van der Waals surface area contributed by atoms with E-state index in [1.807, 2.05) is 36.4 Å². The largest absolute Gasteiger partial charge is 0.481 e. The number of aliphatic carboxylic acids is 1. The fraction of sp³-hybridized carbons (Fsp3) is 0.346. The van der Waals surface area contributed by atoms with E-state index < -0.39 is 23.4 Å². The van der Waals surface area contributed by atoms with Crippen LogP contribution in [0.3, 0.4) is 0 Å². The smallest absolute Gasteiger partial charge is 0.407 e. The van der Waals surface area contributed by atoms with Crippen LogP contribution in [-0.4, -0.2) is 42.8 Å². The number of amides is 2. The zero-order valence-corrected chi connectivity index (χ0v) is 18.8. The second-order valence-electron chi connectivity index (χ2n) is 7.96. The Kier molecular flexibility index (Phi) is 7.73. The van der Waals surface area contributed by atoms with Gasteiger partial charge in [0.1, 0.15) is 6.61 Å². The van der Waals surface area contributed by atoms with Gasteiger partial charge >= 0.3 is 12.1 Å². The average Bonchev–Trinajstić information content (AvgIpc) is 3.15. The first-order chi connectivity index (χ1) is 15.9. The molecule has 2 amide bonds. The maximum absolute atomic E-state index is 12.1. The molecule has 1 aliphatic carbocycles. The van der Waals surface area contributed by atoms with Crippen molar-refractivity contribution in [3.05, 3.63) is 59.7 Å². The Balaban J connectivity index is 1.47. The van der Waals surface area contributed by atoms with E-state index in [0.717, 1.165) is 22.3 Å².